The maximum Gasteiger partial charge on any atom is 0.410 e. The topological polar surface area (TPSA) is 88.2 Å². The lowest BCUT2D eigenvalue weighted by atomic mass is 9.85. The van der Waals surface area contributed by atoms with Crippen LogP contribution in [0.5, 0.6) is 5.75 Å². The van der Waals surface area contributed by atoms with E-state index in [9.17, 15) is 14.4 Å². The number of rotatable bonds is 1. The molecule has 4 rings (SSSR count). The molecule has 0 aliphatic carbocycles. The molecule has 9 heteroatoms. The number of hydrogen-bond acceptors (Lipinski definition) is 6. The Morgan fingerprint density at radius 1 is 1.17 bits per heavy atom. The lowest BCUT2D eigenvalue weighted by Crippen LogP contribution is -2.51. The number of hydrogen-bond donors (Lipinski definition) is 1. The zero-order chi connectivity index (χ0) is 20.8. The highest BCUT2D eigenvalue weighted by Gasteiger charge is 2.42. The third-order valence-electron chi connectivity index (χ3n) is 5.54. The molecule has 1 spiro atoms. The number of fused-ring (bicyclic) bond motifs is 1. The molecular weight excluding hydrogens is 394 g/mol. The van der Waals surface area contributed by atoms with E-state index in [-0.39, 0.29) is 23.6 Å². The van der Waals surface area contributed by atoms with Crippen molar-refractivity contribution in [1.82, 2.24) is 10.2 Å². The molecule has 29 heavy (non-hydrogen) atoms. The molecule has 0 saturated carbocycles. The summed E-state index contributed by atoms with van der Waals surface area (Å²) in [6.45, 7) is 7.22. The number of aryl methyl sites for hydroxylation is 1. The molecule has 3 aliphatic rings. The number of anilines is 1. The second-order valence-corrected chi connectivity index (χ2v) is 9.99. The molecule has 0 bridgehead atoms. The average molecular weight is 422 g/mol. The maximum absolute atomic E-state index is 12.3. The molecule has 2 saturated heterocycles. The monoisotopic (exact) mass is 421 g/mol. The molecular formula is C20H27N3O5S. The minimum atomic E-state index is -0.499. The number of ether oxygens (including phenoxy) is 2. The van der Waals surface area contributed by atoms with E-state index in [2.05, 4.69) is 5.32 Å². The van der Waals surface area contributed by atoms with Crippen molar-refractivity contribution in [3.63, 3.8) is 0 Å². The van der Waals surface area contributed by atoms with Gasteiger partial charge >= 0.3 is 12.1 Å². The summed E-state index contributed by atoms with van der Waals surface area (Å²) in [5.41, 5.74) is -0.773. The fourth-order valence-electron chi connectivity index (χ4n) is 3.97. The minimum absolute atomic E-state index is 0.237. The van der Waals surface area contributed by atoms with Gasteiger partial charge in [0.15, 0.2) is 0 Å². The van der Waals surface area contributed by atoms with Crippen molar-refractivity contribution in [2.45, 2.75) is 64.1 Å². The summed E-state index contributed by atoms with van der Waals surface area (Å²) in [7, 11) is 0. The summed E-state index contributed by atoms with van der Waals surface area (Å²) in [6, 6.07) is 1.54. The quantitative estimate of drug-likeness (QED) is 0.752. The Labute approximate surface area is 174 Å². The van der Waals surface area contributed by atoms with Crippen molar-refractivity contribution in [3.05, 3.63) is 10.9 Å². The zero-order valence-corrected chi connectivity index (χ0v) is 17.9. The molecule has 2 fully saturated rings. The van der Waals surface area contributed by atoms with Crippen LogP contribution in [0.25, 0.3) is 0 Å². The van der Waals surface area contributed by atoms with Crippen LogP contribution in [0.2, 0.25) is 0 Å². The SMILES string of the molecule is CC(C)(C)OC(=O)N1CCC2(CCc3sc(N4CCC(=O)NC4=O)cc3O2)CC1. The van der Waals surface area contributed by atoms with Crippen LogP contribution in [0, 0.1) is 0 Å². The van der Waals surface area contributed by atoms with Crippen molar-refractivity contribution in [2.75, 3.05) is 24.5 Å². The molecule has 8 nitrogen and oxygen atoms in total. The number of carbonyl (C=O) groups is 3. The van der Waals surface area contributed by atoms with Crippen LogP contribution in [0.3, 0.4) is 0 Å². The zero-order valence-electron chi connectivity index (χ0n) is 17.1. The van der Waals surface area contributed by atoms with Crippen molar-refractivity contribution < 1.29 is 23.9 Å². The van der Waals surface area contributed by atoms with Crippen molar-refractivity contribution in [1.29, 1.82) is 0 Å². The first-order valence-electron chi connectivity index (χ1n) is 10.1. The lowest BCUT2D eigenvalue weighted by Gasteiger charge is -2.43. The first-order valence-corrected chi connectivity index (χ1v) is 10.9. The second kappa shape index (κ2) is 7.19. The van der Waals surface area contributed by atoms with Crippen molar-refractivity contribution in [2.24, 2.45) is 0 Å². The van der Waals surface area contributed by atoms with Crippen LogP contribution >= 0.6 is 11.3 Å². The van der Waals surface area contributed by atoms with Gasteiger partial charge in [-0.1, -0.05) is 0 Å². The van der Waals surface area contributed by atoms with Gasteiger partial charge < -0.3 is 14.4 Å². The minimum Gasteiger partial charge on any atom is -0.486 e. The van der Waals surface area contributed by atoms with Crippen LogP contribution in [-0.2, 0) is 16.0 Å². The summed E-state index contributed by atoms with van der Waals surface area (Å²) in [5, 5.41) is 3.17. The van der Waals surface area contributed by atoms with Crippen LogP contribution in [0.1, 0.15) is 51.3 Å². The number of carbonyl (C=O) groups excluding carboxylic acids is 3. The third kappa shape index (κ3) is 4.19. The van der Waals surface area contributed by atoms with E-state index in [0.717, 1.165) is 41.3 Å². The molecule has 4 amide bonds. The second-order valence-electron chi connectivity index (χ2n) is 8.88. The van der Waals surface area contributed by atoms with Crippen LogP contribution in [0.15, 0.2) is 6.07 Å². The van der Waals surface area contributed by atoms with Gasteiger partial charge in [-0.25, -0.2) is 9.59 Å². The van der Waals surface area contributed by atoms with Gasteiger partial charge in [0.05, 0.1) is 0 Å². The fourth-order valence-corrected chi connectivity index (χ4v) is 5.08. The van der Waals surface area contributed by atoms with Crippen LogP contribution in [-0.4, -0.2) is 53.8 Å². The molecule has 1 aromatic rings. The molecule has 0 aromatic carbocycles. The molecule has 1 N–H and O–H groups in total. The molecule has 4 heterocycles. The van der Waals surface area contributed by atoms with Gasteiger partial charge in [-0.05, 0) is 33.6 Å². The van der Waals surface area contributed by atoms with E-state index in [0.29, 0.717) is 26.1 Å². The number of piperidine rings is 1. The van der Waals surface area contributed by atoms with Crippen LogP contribution in [0.4, 0.5) is 14.6 Å². The van der Waals surface area contributed by atoms with Gasteiger partial charge in [0.25, 0.3) is 0 Å². The van der Waals surface area contributed by atoms with E-state index in [1.54, 1.807) is 21.1 Å². The normalized spacial score (nSPS) is 21.5. The summed E-state index contributed by atoms with van der Waals surface area (Å²) in [6.07, 6.45) is 3.34. The molecule has 0 radical (unpaired) electrons. The smallest absolute Gasteiger partial charge is 0.410 e. The Bertz CT molecular complexity index is 836. The van der Waals surface area contributed by atoms with Gasteiger partial charge in [0, 0.05) is 49.8 Å². The standard InChI is InChI=1S/C20H27N3O5S/c1-19(2,3)28-18(26)22-10-7-20(8-11-22)6-4-14-13(27-20)12-16(29-14)23-9-5-15(24)21-17(23)25/h12H,4-11H2,1-3H3,(H,21,24,25). The Kier molecular flexibility index (Phi) is 4.96. The van der Waals surface area contributed by atoms with Crippen LogP contribution < -0.4 is 15.0 Å². The Hall–Kier alpha value is -2.29. The Balaban J connectivity index is 1.41. The number of urea groups is 1. The van der Waals surface area contributed by atoms with E-state index >= 15 is 0 Å². The van der Waals surface area contributed by atoms with Crippen molar-refractivity contribution >= 4 is 34.4 Å². The highest BCUT2D eigenvalue weighted by atomic mass is 32.1. The number of nitrogens with zero attached hydrogens (tertiary/aromatic N) is 2. The van der Waals surface area contributed by atoms with Crippen molar-refractivity contribution in [3.8, 4) is 5.75 Å². The summed E-state index contributed by atoms with van der Waals surface area (Å²) < 4.78 is 11.9. The molecule has 158 valence electrons. The van der Waals surface area contributed by atoms with Gasteiger partial charge in [-0.2, -0.15) is 0 Å². The molecule has 3 aliphatic heterocycles. The summed E-state index contributed by atoms with van der Waals surface area (Å²) in [4.78, 5) is 40.3. The number of amides is 4. The third-order valence-corrected chi connectivity index (χ3v) is 6.74. The largest absolute Gasteiger partial charge is 0.486 e. The predicted molar refractivity (Wildman–Crippen MR) is 109 cm³/mol. The summed E-state index contributed by atoms with van der Waals surface area (Å²) in [5.74, 6) is 0.589. The number of nitrogens with one attached hydrogen (secondary N) is 1. The maximum atomic E-state index is 12.3. The van der Waals surface area contributed by atoms with Gasteiger partial charge in [0.2, 0.25) is 5.91 Å². The highest BCUT2D eigenvalue weighted by Crippen LogP contribution is 2.46. The first-order chi connectivity index (χ1) is 13.6. The summed E-state index contributed by atoms with van der Waals surface area (Å²) >= 11 is 1.55. The Morgan fingerprint density at radius 3 is 2.55 bits per heavy atom. The molecule has 0 unspecified atom stereocenters. The number of thiophene rings is 1. The van der Waals surface area contributed by atoms with E-state index in [1.165, 1.54) is 0 Å². The average Bonchev–Trinajstić information content (AvgIpc) is 3.03. The number of likely N-dealkylation sites (tertiary alicyclic amines) is 1. The van der Waals surface area contributed by atoms with E-state index in [4.69, 9.17) is 9.47 Å². The Morgan fingerprint density at radius 2 is 1.90 bits per heavy atom. The highest BCUT2D eigenvalue weighted by molar-refractivity contribution is 7.16. The van der Waals surface area contributed by atoms with E-state index in [1.807, 2.05) is 26.8 Å². The first kappa shape index (κ1) is 20.0. The molecule has 0 atom stereocenters. The fraction of sp³-hybridized carbons (Fsp3) is 0.650. The van der Waals surface area contributed by atoms with Gasteiger partial charge in [0.1, 0.15) is 22.0 Å². The number of imide groups is 1. The van der Waals surface area contributed by atoms with Gasteiger partial charge in [-0.3, -0.25) is 15.0 Å². The molecule has 1 aromatic heterocycles. The predicted octanol–water partition coefficient (Wildman–Crippen LogP) is 3.29. The van der Waals surface area contributed by atoms with Gasteiger partial charge in [-0.15, -0.1) is 11.3 Å². The lowest BCUT2D eigenvalue weighted by molar-refractivity contribution is -0.120. The van der Waals surface area contributed by atoms with E-state index < -0.39 is 5.60 Å².